The third kappa shape index (κ3) is 6.07. The van der Waals surface area contributed by atoms with Gasteiger partial charge in [-0.15, -0.1) is 10.2 Å². The summed E-state index contributed by atoms with van der Waals surface area (Å²) in [5, 5.41) is 13.4. The summed E-state index contributed by atoms with van der Waals surface area (Å²) in [6, 6.07) is 23.1. The Kier molecular flexibility index (Phi) is 7.79. The molecule has 4 rings (SSSR count). The summed E-state index contributed by atoms with van der Waals surface area (Å²) in [6.45, 7) is 2.03. The van der Waals surface area contributed by atoms with Gasteiger partial charge in [-0.25, -0.2) is 5.43 Å². The van der Waals surface area contributed by atoms with Crippen LogP contribution in [0.3, 0.4) is 0 Å². The van der Waals surface area contributed by atoms with E-state index in [0.717, 1.165) is 33.9 Å². The Morgan fingerprint density at radius 2 is 1.57 bits per heavy atom. The zero-order valence-corrected chi connectivity index (χ0v) is 20.5. The second-order valence-corrected chi connectivity index (χ2v) is 8.50. The Morgan fingerprint density at radius 1 is 0.943 bits per heavy atom. The smallest absolute Gasteiger partial charge is 0.250 e. The maximum atomic E-state index is 12.4. The maximum Gasteiger partial charge on any atom is 0.250 e. The zero-order chi connectivity index (χ0) is 24.6. The number of ether oxygens (including phenoxy) is 2. The van der Waals surface area contributed by atoms with Crippen LogP contribution in [0.15, 0.2) is 83.1 Å². The lowest BCUT2D eigenvalue weighted by atomic mass is 10.2. The molecule has 0 spiro atoms. The van der Waals surface area contributed by atoms with Crippen molar-refractivity contribution in [3.05, 3.63) is 83.9 Å². The van der Waals surface area contributed by atoms with Crippen LogP contribution < -0.4 is 14.9 Å². The molecule has 0 atom stereocenters. The molecule has 0 fully saturated rings. The number of aryl methyl sites for hydroxylation is 1. The van der Waals surface area contributed by atoms with Crippen LogP contribution in [0.25, 0.3) is 17.1 Å². The average Bonchev–Trinajstić information content (AvgIpc) is 3.32. The minimum Gasteiger partial charge on any atom is -0.497 e. The SMILES string of the molecule is COc1ccc(/C=N/NC(=O)CSc2nnc(-c3ccc(OC)cc3)n2-c2ccc(C)cc2)cc1. The van der Waals surface area contributed by atoms with E-state index < -0.39 is 0 Å². The van der Waals surface area contributed by atoms with Crippen LogP contribution in [-0.2, 0) is 4.79 Å². The van der Waals surface area contributed by atoms with Crippen LogP contribution >= 0.6 is 11.8 Å². The van der Waals surface area contributed by atoms with Gasteiger partial charge in [0.2, 0.25) is 0 Å². The van der Waals surface area contributed by atoms with Gasteiger partial charge >= 0.3 is 0 Å². The summed E-state index contributed by atoms with van der Waals surface area (Å²) in [5.74, 6) is 2.08. The molecule has 0 aliphatic rings. The van der Waals surface area contributed by atoms with Gasteiger partial charge in [-0.2, -0.15) is 5.10 Å². The molecule has 0 aliphatic heterocycles. The number of benzene rings is 3. The third-order valence-corrected chi connectivity index (χ3v) is 6.05. The van der Waals surface area contributed by atoms with Gasteiger partial charge in [-0.05, 0) is 73.2 Å². The van der Waals surface area contributed by atoms with Gasteiger partial charge < -0.3 is 9.47 Å². The van der Waals surface area contributed by atoms with Crippen LogP contribution in [-0.4, -0.2) is 46.9 Å². The third-order valence-electron chi connectivity index (χ3n) is 5.12. The Morgan fingerprint density at radius 3 is 2.20 bits per heavy atom. The van der Waals surface area contributed by atoms with E-state index in [1.807, 2.05) is 84.3 Å². The monoisotopic (exact) mass is 487 g/mol. The first-order valence-electron chi connectivity index (χ1n) is 10.8. The first-order valence-corrected chi connectivity index (χ1v) is 11.8. The molecule has 0 unspecified atom stereocenters. The molecule has 1 heterocycles. The number of hydrogen-bond acceptors (Lipinski definition) is 7. The zero-order valence-electron chi connectivity index (χ0n) is 19.6. The number of methoxy groups -OCH3 is 2. The van der Waals surface area contributed by atoms with Crippen LogP contribution in [0.1, 0.15) is 11.1 Å². The lowest BCUT2D eigenvalue weighted by Crippen LogP contribution is -2.20. The Labute approximate surface area is 208 Å². The number of thioether (sulfide) groups is 1. The van der Waals surface area contributed by atoms with Crippen molar-refractivity contribution in [2.24, 2.45) is 5.10 Å². The number of hydrogen-bond donors (Lipinski definition) is 1. The van der Waals surface area contributed by atoms with Gasteiger partial charge in [0.05, 0.1) is 26.2 Å². The molecule has 35 heavy (non-hydrogen) atoms. The molecule has 0 aliphatic carbocycles. The van der Waals surface area contributed by atoms with E-state index in [1.54, 1.807) is 20.4 Å². The van der Waals surface area contributed by atoms with E-state index in [4.69, 9.17) is 9.47 Å². The number of amides is 1. The molecule has 0 radical (unpaired) electrons. The number of nitrogens with one attached hydrogen (secondary N) is 1. The summed E-state index contributed by atoms with van der Waals surface area (Å²) < 4.78 is 12.3. The second kappa shape index (κ2) is 11.3. The van der Waals surface area contributed by atoms with Gasteiger partial charge in [0.1, 0.15) is 11.5 Å². The van der Waals surface area contributed by atoms with Crippen LogP contribution in [0.5, 0.6) is 11.5 Å². The van der Waals surface area contributed by atoms with Crippen LogP contribution in [0, 0.1) is 6.92 Å². The average molecular weight is 488 g/mol. The normalized spacial score (nSPS) is 10.9. The minimum absolute atomic E-state index is 0.132. The maximum absolute atomic E-state index is 12.4. The van der Waals surface area contributed by atoms with Crippen molar-refractivity contribution in [1.82, 2.24) is 20.2 Å². The molecule has 178 valence electrons. The standard InChI is InChI=1S/C26H25N5O3S/c1-18-4-10-21(11-5-18)31-25(20-8-14-23(34-3)15-9-20)29-30-26(31)35-17-24(32)28-27-16-19-6-12-22(33-2)13-7-19/h4-16H,17H2,1-3H3,(H,28,32)/b27-16+. The predicted octanol–water partition coefficient (Wildman–Crippen LogP) is 4.50. The van der Waals surface area contributed by atoms with Crippen molar-refractivity contribution in [3.8, 4) is 28.6 Å². The molecule has 4 aromatic rings. The Hall–Kier alpha value is -4.11. The topological polar surface area (TPSA) is 90.6 Å². The summed E-state index contributed by atoms with van der Waals surface area (Å²) in [4.78, 5) is 12.4. The number of hydrazone groups is 1. The Balaban J connectivity index is 1.49. The van der Waals surface area contributed by atoms with Crippen LogP contribution in [0.2, 0.25) is 0 Å². The number of carbonyl (C=O) groups is 1. The highest BCUT2D eigenvalue weighted by Gasteiger charge is 2.17. The van der Waals surface area contributed by atoms with Gasteiger partial charge in [0, 0.05) is 11.3 Å². The Bertz CT molecular complexity index is 1300. The molecule has 1 N–H and O–H groups in total. The van der Waals surface area contributed by atoms with Crippen molar-refractivity contribution in [2.45, 2.75) is 12.1 Å². The minimum atomic E-state index is -0.246. The fourth-order valence-electron chi connectivity index (χ4n) is 3.25. The van der Waals surface area contributed by atoms with E-state index in [2.05, 4.69) is 20.7 Å². The van der Waals surface area contributed by atoms with Crippen LogP contribution in [0.4, 0.5) is 0 Å². The van der Waals surface area contributed by atoms with Crippen molar-refractivity contribution >= 4 is 23.9 Å². The molecule has 8 nitrogen and oxygen atoms in total. The van der Waals surface area contributed by atoms with Crippen molar-refractivity contribution in [3.63, 3.8) is 0 Å². The molecule has 0 bridgehead atoms. The molecule has 9 heteroatoms. The summed E-state index contributed by atoms with van der Waals surface area (Å²) in [6.07, 6.45) is 1.58. The molecule has 1 aromatic heterocycles. The number of nitrogens with zero attached hydrogens (tertiary/aromatic N) is 4. The van der Waals surface area contributed by atoms with Crippen molar-refractivity contribution < 1.29 is 14.3 Å². The van der Waals surface area contributed by atoms with E-state index in [-0.39, 0.29) is 11.7 Å². The lowest BCUT2D eigenvalue weighted by Gasteiger charge is -2.11. The fourth-order valence-corrected chi connectivity index (χ4v) is 3.99. The van der Waals surface area contributed by atoms with Crippen molar-refractivity contribution in [1.29, 1.82) is 0 Å². The quantitative estimate of drug-likeness (QED) is 0.212. The second-order valence-electron chi connectivity index (χ2n) is 7.56. The predicted molar refractivity (Wildman–Crippen MR) is 138 cm³/mol. The van der Waals surface area contributed by atoms with Gasteiger partial charge in [0.25, 0.3) is 5.91 Å². The van der Waals surface area contributed by atoms with Gasteiger partial charge in [0.15, 0.2) is 11.0 Å². The lowest BCUT2D eigenvalue weighted by molar-refractivity contribution is -0.118. The highest BCUT2D eigenvalue weighted by molar-refractivity contribution is 7.99. The van der Waals surface area contributed by atoms with E-state index >= 15 is 0 Å². The van der Waals surface area contributed by atoms with E-state index in [0.29, 0.717) is 11.0 Å². The van der Waals surface area contributed by atoms with E-state index in [9.17, 15) is 4.79 Å². The number of rotatable bonds is 9. The largest absolute Gasteiger partial charge is 0.497 e. The summed E-state index contributed by atoms with van der Waals surface area (Å²) >= 11 is 1.29. The number of carbonyl (C=O) groups excluding carboxylic acids is 1. The fraction of sp³-hybridized carbons (Fsp3) is 0.154. The molecule has 1 amide bonds. The first-order chi connectivity index (χ1) is 17.1. The molecule has 3 aromatic carbocycles. The molecular formula is C26H25N5O3S. The highest BCUT2D eigenvalue weighted by Crippen LogP contribution is 2.29. The van der Waals surface area contributed by atoms with Gasteiger partial charge in [-0.3, -0.25) is 9.36 Å². The van der Waals surface area contributed by atoms with Gasteiger partial charge in [-0.1, -0.05) is 29.5 Å². The molecule has 0 saturated carbocycles. The van der Waals surface area contributed by atoms with E-state index in [1.165, 1.54) is 11.8 Å². The van der Waals surface area contributed by atoms with Crippen molar-refractivity contribution in [2.75, 3.05) is 20.0 Å². The summed E-state index contributed by atoms with van der Waals surface area (Å²) in [5.41, 5.74) is 6.35. The number of aromatic nitrogens is 3. The first kappa shape index (κ1) is 24.0. The highest BCUT2D eigenvalue weighted by atomic mass is 32.2. The molecular weight excluding hydrogens is 462 g/mol. The summed E-state index contributed by atoms with van der Waals surface area (Å²) in [7, 11) is 3.24. The molecule has 0 saturated heterocycles.